The summed E-state index contributed by atoms with van der Waals surface area (Å²) in [5.74, 6) is -1.56. The molecule has 1 saturated heterocycles. The molecular weight excluding hydrogens is 472 g/mol. The first-order valence-corrected chi connectivity index (χ1v) is 12.5. The molecule has 0 bridgehead atoms. The highest BCUT2D eigenvalue weighted by Crippen LogP contribution is 2.43. The average Bonchev–Trinajstić information content (AvgIpc) is 2.90. The van der Waals surface area contributed by atoms with Gasteiger partial charge in [0.2, 0.25) is 5.91 Å². The van der Waals surface area contributed by atoms with Crippen LogP contribution in [-0.2, 0) is 4.79 Å². The summed E-state index contributed by atoms with van der Waals surface area (Å²) in [7, 11) is 3.42. The van der Waals surface area contributed by atoms with E-state index in [1.807, 2.05) is 90.7 Å². The predicted octanol–water partition coefficient (Wildman–Crippen LogP) is 5.13. The molecule has 0 saturated carbocycles. The third-order valence-electron chi connectivity index (χ3n) is 7.09. The van der Waals surface area contributed by atoms with Gasteiger partial charge in [0.1, 0.15) is 0 Å². The lowest BCUT2D eigenvalue weighted by molar-refractivity contribution is -0.130. The molecule has 0 N–H and O–H groups in total. The molecular formula is C30H31ClN2O3. The van der Waals surface area contributed by atoms with E-state index in [0.717, 1.165) is 11.1 Å². The summed E-state index contributed by atoms with van der Waals surface area (Å²) in [4.78, 5) is 44.1. The number of likely N-dealkylation sites (tertiary alicyclic amines) is 1. The van der Waals surface area contributed by atoms with Crippen molar-refractivity contribution in [2.24, 2.45) is 11.8 Å². The van der Waals surface area contributed by atoms with Gasteiger partial charge in [0.25, 0.3) is 0 Å². The van der Waals surface area contributed by atoms with Crippen LogP contribution in [0.15, 0.2) is 78.9 Å². The molecule has 1 amide bonds. The van der Waals surface area contributed by atoms with E-state index >= 15 is 0 Å². The minimum Gasteiger partial charge on any atom is -0.348 e. The summed E-state index contributed by atoms with van der Waals surface area (Å²) in [6, 6.07) is 24.0. The molecule has 4 rings (SSSR count). The van der Waals surface area contributed by atoms with Crippen molar-refractivity contribution in [3.63, 3.8) is 0 Å². The van der Waals surface area contributed by atoms with Crippen molar-refractivity contribution in [2.75, 3.05) is 33.7 Å². The average molecular weight is 503 g/mol. The Labute approximate surface area is 217 Å². The third kappa shape index (κ3) is 5.43. The molecule has 0 aliphatic carbocycles. The van der Waals surface area contributed by atoms with Crippen LogP contribution in [0.4, 0.5) is 0 Å². The first-order chi connectivity index (χ1) is 17.3. The van der Waals surface area contributed by atoms with Gasteiger partial charge in [-0.3, -0.25) is 19.3 Å². The molecule has 3 aromatic carbocycles. The van der Waals surface area contributed by atoms with Crippen molar-refractivity contribution in [1.29, 1.82) is 0 Å². The van der Waals surface area contributed by atoms with E-state index in [1.165, 1.54) is 4.90 Å². The number of piperidine rings is 1. The molecule has 2 atom stereocenters. The second-order valence-electron chi connectivity index (χ2n) is 9.64. The number of Topliss-reactive ketones (excluding diaryl/α,β-unsaturated/α-hetero) is 2. The van der Waals surface area contributed by atoms with Crippen molar-refractivity contribution in [1.82, 2.24) is 9.80 Å². The number of hydrogen-bond donors (Lipinski definition) is 0. The Morgan fingerprint density at radius 1 is 0.806 bits per heavy atom. The summed E-state index contributed by atoms with van der Waals surface area (Å²) in [5.41, 5.74) is 2.97. The maximum absolute atomic E-state index is 14.0. The van der Waals surface area contributed by atoms with Crippen LogP contribution in [0.25, 0.3) is 0 Å². The topological polar surface area (TPSA) is 57.7 Å². The zero-order valence-corrected chi connectivity index (χ0v) is 21.6. The maximum atomic E-state index is 14.0. The number of likely N-dealkylation sites (N-methyl/N-ethyl adjacent to an activating group) is 1. The van der Waals surface area contributed by atoms with Crippen LogP contribution in [0.2, 0.25) is 5.02 Å². The molecule has 0 spiro atoms. The monoisotopic (exact) mass is 502 g/mol. The van der Waals surface area contributed by atoms with Gasteiger partial charge >= 0.3 is 0 Å². The molecule has 2 unspecified atom stereocenters. The molecule has 1 aliphatic rings. The molecule has 6 heteroatoms. The number of ketones is 2. The lowest BCUT2D eigenvalue weighted by Crippen LogP contribution is -2.52. The number of halogens is 1. The molecule has 3 aromatic rings. The van der Waals surface area contributed by atoms with Crippen LogP contribution in [0.1, 0.15) is 37.8 Å². The Kier molecular flexibility index (Phi) is 8.02. The van der Waals surface area contributed by atoms with E-state index in [2.05, 4.69) is 0 Å². The second-order valence-corrected chi connectivity index (χ2v) is 10.0. The molecule has 1 heterocycles. The van der Waals surface area contributed by atoms with Gasteiger partial charge in [-0.05, 0) is 24.1 Å². The van der Waals surface area contributed by atoms with Gasteiger partial charge in [-0.15, -0.1) is 0 Å². The minimum absolute atomic E-state index is 0.0344. The van der Waals surface area contributed by atoms with Gasteiger partial charge in [-0.25, -0.2) is 0 Å². The van der Waals surface area contributed by atoms with Gasteiger partial charge < -0.3 is 4.90 Å². The van der Waals surface area contributed by atoms with Crippen LogP contribution in [0, 0.1) is 18.8 Å². The summed E-state index contributed by atoms with van der Waals surface area (Å²) in [6.45, 7) is 2.84. The van der Waals surface area contributed by atoms with Crippen molar-refractivity contribution < 1.29 is 14.4 Å². The molecule has 5 nitrogen and oxygen atoms in total. The number of hydrogen-bond acceptors (Lipinski definition) is 4. The number of rotatable bonds is 7. The molecule has 1 aliphatic heterocycles. The van der Waals surface area contributed by atoms with E-state index in [0.29, 0.717) is 29.2 Å². The number of amides is 1. The number of carbonyl (C=O) groups excluding carboxylic acids is 3. The Hall–Kier alpha value is -3.28. The number of benzene rings is 3. The van der Waals surface area contributed by atoms with E-state index < -0.39 is 11.8 Å². The van der Waals surface area contributed by atoms with Crippen LogP contribution >= 0.6 is 11.6 Å². The number of carbonyl (C=O) groups is 3. The Morgan fingerprint density at radius 3 is 1.78 bits per heavy atom. The summed E-state index contributed by atoms with van der Waals surface area (Å²) in [5, 5.41) is 0.606. The van der Waals surface area contributed by atoms with Crippen LogP contribution in [0.5, 0.6) is 0 Å². The fourth-order valence-corrected chi connectivity index (χ4v) is 5.33. The standard InChI is InChI=1S/C30H31ClN2O3/c1-20-23(15-10-16-26(20)31)28-24(29(35)21-11-6-4-7-12-21)17-33(19-27(34)32(2)3)18-25(28)30(36)22-13-8-5-9-14-22/h4-16,24-25,28H,17-19H2,1-3H3. The summed E-state index contributed by atoms with van der Waals surface area (Å²) < 4.78 is 0. The van der Waals surface area contributed by atoms with Crippen LogP contribution < -0.4 is 0 Å². The SMILES string of the molecule is Cc1c(Cl)cccc1C1C(C(=O)c2ccccc2)CN(CC(=O)N(C)C)CC1C(=O)c1ccccc1. The van der Waals surface area contributed by atoms with Crippen molar-refractivity contribution in [2.45, 2.75) is 12.8 Å². The lowest BCUT2D eigenvalue weighted by atomic mass is 9.68. The van der Waals surface area contributed by atoms with Gasteiger partial charge in [0.05, 0.1) is 6.54 Å². The maximum Gasteiger partial charge on any atom is 0.236 e. The molecule has 0 radical (unpaired) electrons. The zero-order chi connectivity index (χ0) is 25.8. The van der Waals surface area contributed by atoms with Gasteiger partial charge in [-0.1, -0.05) is 84.4 Å². The first kappa shape index (κ1) is 25.8. The van der Waals surface area contributed by atoms with Gasteiger partial charge in [0.15, 0.2) is 11.6 Å². The fourth-order valence-electron chi connectivity index (χ4n) is 5.14. The highest BCUT2D eigenvalue weighted by atomic mass is 35.5. The van der Waals surface area contributed by atoms with E-state index in [4.69, 9.17) is 11.6 Å². The predicted molar refractivity (Wildman–Crippen MR) is 143 cm³/mol. The molecule has 36 heavy (non-hydrogen) atoms. The molecule has 1 fully saturated rings. The smallest absolute Gasteiger partial charge is 0.236 e. The van der Waals surface area contributed by atoms with E-state index in [-0.39, 0.29) is 29.9 Å². The first-order valence-electron chi connectivity index (χ1n) is 12.1. The molecule has 186 valence electrons. The van der Waals surface area contributed by atoms with Crippen molar-refractivity contribution in [3.8, 4) is 0 Å². The quantitative estimate of drug-likeness (QED) is 0.420. The Balaban J connectivity index is 1.85. The largest absolute Gasteiger partial charge is 0.348 e. The minimum atomic E-state index is -0.522. The van der Waals surface area contributed by atoms with Crippen LogP contribution in [-0.4, -0.2) is 61.0 Å². The van der Waals surface area contributed by atoms with Crippen LogP contribution in [0.3, 0.4) is 0 Å². The molecule has 0 aromatic heterocycles. The van der Waals surface area contributed by atoms with Gasteiger partial charge in [0, 0.05) is 61.1 Å². The van der Waals surface area contributed by atoms with Crippen molar-refractivity contribution in [3.05, 3.63) is 106 Å². The Morgan fingerprint density at radius 2 is 1.31 bits per heavy atom. The summed E-state index contributed by atoms with van der Waals surface area (Å²) in [6.07, 6.45) is 0. The highest BCUT2D eigenvalue weighted by molar-refractivity contribution is 6.31. The number of nitrogens with zero attached hydrogens (tertiary/aromatic N) is 2. The lowest BCUT2D eigenvalue weighted by Gasteiger charge is -2.43. The Bertz CT molecular complexity index is 1180. The zero-order valence-electron chi connectivity index (χ0n) is 20.9. The normalized spacial score (nSPS) is 20.1. The highest BCUT2D eigenvalue weighted by Gasteiger charge is 2.45. The summed E-state index contributed by atoms with van der Waals surface area (Å²) >= 11 is 6.52. The van der Waals surface area contributed by atoms with E-state index in [1.54, 1.807) is 14.1 Å². The fraction of sp³-hybridized carbons (Fsp3) is 0.300. The second kappa shape index (κ2) is 11.2. The van der Waals surface area contributed by atoms with Gasteiger partial charge in [-0.2, -0.15) is 0 Å². The van der Waals surface area contributed by atoms with E-state index in [9.17, 15) is 14.4 Å². The van der Waals surface area contributed by atoms with Crippen molar-refractivity contribution >= 4 is 29.1 Å². The third-order valence-corrected chi connectivity index (χ3v) is 7.50.